The number of carbonyl (C=O) groups excluding carboxylic acids is 1. The summed E-state index contributed by atoms with van der Waals surface area (Å²) >= 11 is 0. The van der Waals surface area contributed by atoms with Gasteiger partial charge in [0.2, 0.25) is 5.91 Å². The maximum atomic E-state index is 12.3. The summed E-state index contributed by atoms with van der Waals surface area (Å²) in [5.41, 5.74) is 5.51. The van der Waals surface area contributed by atoms with Crippen molar-refractivity contribution in [2.45, 2.75) is 38.5 Å². The van der Waals surface area contributed by atoms with Gasteiger partial charge in [-0.2, -0.15) is 13.2 Å². The van der Waals surface area contributed by atoms with Crippen molar-refractivity contribution < 1.29 is 18.0 Å². The molecule has 3 nitrogen and oxygen atoms in total. The molecule has 20 heavy (non-hydrogen) atoms. The Hall–Kier alpha value is -1.27. The monoisotopic (exact) mass is 310 g/mol. The van der Waals surface area contributed by atoms with E-state index in [0.717, 1.165) is 18.6 Å². The third-order valence-electron chi connectivity index (χ3n) is 2.68. The normalized spacial score (nSPS) is 12.4. The molecule has 1 amide bonds. The summed E-state index contributed by atoms with van der Waals surface area (Å²) in [4.78, 5) is 11.5. The fraction of sp³-hybridized carbons (Fsp3) is 0.462. The van der Waals surface area contributed by atoms with Crippen LogP contribution in [0, 0.1) is 0 Å². The lowest BCUT2D eigenvalue weighted by molar-refractivity contribution is -0.137. The van der Waals surface area contributed by atoms with E-state index in [1.807, 2.05) is 6.92 Å². The van der Waals surface area contributed by atoms with Gasteiger partial charge < -0.3 is 11.1 Å². The maximum absolute atomic E-state index is 12.3. The van der Waals surface area contributed by atoms with Crippen LogP contribution in [0.1, 0.15) is 30.9 Å². The van der Waals surface area contributed by atoms with Gasteiger partial charge in [-0.3, -0.25) is 4.79 Å². The van der Waals surface area contributed by atoms with Gasteiger partial charge >= 0.3 is 6.18 Å². The number of hydrogen-bond acceptors (Lipinski definition) is 2. The van der Waals surface area contributed by atoms with Crippen LogP contribution in [0.3, 0.4) is 0 Å². The first kappa shape index (κ1) is 18.7. The Morgan fingerprint density at radius 3 is 2.30 bits per heavy atom. The molecule has 0 aliphatic rings. The second kappa shape index (κ2) is 8.11. The highest BCUT2D eigenvalue weighted by atomic mass is 35.5. The summed E-state index contributed by atoms with van der Waals surface area (Å²) in [6.07, 6.45) is -2.96. The lowest BCUT2D eigenvalue weighted by Crippen LogP contribution is -2.40. The van der Waals surface area contributed by atoms with E-state index in [9.17, 15) is 18.0 Å². The first-order valence-electron chi connectivity index (χ1n) is 6.04. The molecule has 0 spiro atoms. The minimum Gasteiger partial charge on any atom is -0.351 e. The second-order valence-corrected chi connectivity index (χ2v) is 4.31. The molecule has 7 heteroatoms. The predicted molar refractivity (Wildman–Crippen MR) is 73.4 cm³/mol. The smallest absolute Gasteiger partial charge is 0.351 e. The zero-order valence-electron chi connectivity index (χ0n) is 11.0. The lowest BCUT2D eigenvalue weighted by atomic mass is 10.1. The highest BCUT2D eigenvalue weighted by Gasteiger charge is 2.29. The van der Waals surface area contributed by atoms with Gasteiger partial charge in [-0.25, -0.2) is 0 Å². The van der Waals surface area contributed by atoms with Crippen LogP contribution in [-0.2, 0) is 17.5 Å². The Morgan fingerprint density at radius 2 is 1.85 bits per heavy atom. The zero-order valence-corrected chi connectivity index (χ0v) is 11.9. The van der Waals surface area contributed by atoms with Crippen LogP contribution in [0.2, 0.25) is 0 Å². The van der Waals surface area contributed by atoms with Crippen molar-refractivity contribution >= 4 is 18.3 Å². The number of carbonyl (C=O) groups is 1. The van der Waals surface area contributed by atoms with Gasteiger partial charge in [0.05, 0.1) is 11.6 Å². The molecule has 0 saturated carbocycles. The van der Waals surface area contributed by atoms with Crippen molar-refractivity contribution in [1.82, 2.24) is 5.32 Å². The van der Waals surface area contributed by atoms with E-state index in [1.165, 1.54) is 12.1 Å². The molecule has 1 aromatic rings. The minimum atomic E-state index is -4.34. The first-order chi connectivity index (χ1) is 8.84. The van der Waals surface area contributed by atoms with Crippen LogP contribution < -0.4 is 11.1 Å². The van der Waals surface area contributed by atoms with Crippen LogP contribution in [0.25, 0.3) is 0 Å². The van der Waals surface area contributed by atoms with Crippen LogP contribution in [0.5, 0.6) is 0 Å². The Bertz CT molecular complexity index is 421. The molecule has 0 heterocycles. The Kier molecular flexibility index (Phi) is 7.60. The number of alkyl halides is 3. The van der Waals surface area contributed by atoms with E-state index in [1.54, 1.807) is 0 Å². The summed E-state index contributed by atoms with van der Waals surface area (Å²) < 4.78 is 37.0. The Balaban J connectivity index is 0.00000361. The van der Waals surface area contributed by atoms with E-state index in [-0.39, 0.29) is 24.9 Å². The standard InChI is InChI=1S/C13H17F3N2O.ClH/c1-2-3-11(17)12(19)18-8-9-4-6-10(7-5-9)13(14,15)16;/h4-7,11H,2-3,8,17H2,1H3,(H,18,19);1H. The largest absolute Gasteiger partial charge is 0.416 e. The van der Waals surface area contributed by atoms with Crippen molar-refractivity contribution in [2.24, 2.45) is 5.73 Å². The summed E-state index contributed by atoms with van der Waals surface area (Å²) in [6.45, 7) is 2.09. The number of nitrogens with one attached hydrogen (secondary N) is 1. The van der Waals surface area contributed by atoms with Crippen LogP contribution in [0.4, 0.5) is 13.2 Å². The van der Waals surface area contributed by atoms with Crippen molar-refractivity contribution in [2.75, 3.05) is 0 Å². The summed E-state index contributed by atoms with van der Waals surface area (Å²) in [6, 6.07) is 4.10. The third-order valence-corrected chi connectivity index (χ3v) is 2.68. The van der Waals surface area contributed by atoms with Crippen molar-refractivity contribution in [3.63, 3.8) is 0 Å². The van der Waals surface area contributed by atoms with Crippen LogP contribution in [-0.4, -0.2) is 11.9 Å². The topological polar surface area (TPSA) is 55.1 Å². The van der Waals surface area contributed by atoms with Gasteiger partial charge in [0, 0.05) is 6.54 Å². The number of hydrogen-bond donors (Lipinski definition) is 2. The minimum absolute atomic E-state index is 0. The van der Waals surface area contributed by atoms with E-state index < -0.39 is 17.8 Å². The quantitative estimate of drug-likeness (QED) is 0.878. The zero-order chi connectivity index (χ0) is 14.5. The van der Waals surface area contributed by atoms with Gasteiger partial charge in [-0.05, 0) is 24.1 Å². The SMILES string of the molecule is CCCC(N)C(=O)NCc1ccc(C(F)(F)F)cc1.Cl. The number of nitrogens with two attached hydrogens (primary N) is 1. The summed E-state index contributed by atoms with van der Waals surface area (Å²) in [7, 11) is 0. The van der Waals surface area contributed by atoms with Crippen molar-refractivity contribution in [3.05, 3.63) is 35.4 Å². The molecule has 0 aliphatic carbocycles. The number of halogens is 4. The highest BCUT2D eigenvalue weighted by molar-refractivity contribution is 5.85. The molecule has 0 aromatic heterocycles. The molecular weight excluding hydrogens is 293 g/mol. The summed E-state index contributed by atoms with van der Waals surface area (Å²) in [5.74, 6) is -0.290. The number of benzene rings is 1. The summed E-state index contributed by atoms with van der Waals surface area (Å²) in [5, 5.41) is 2.60. The predicted octanol–water partition coefficient (Wildman–Crippen LogP) is 2.87. The molecule has 1 aromatic carbocycles. The molecule has 0 fully saturated rings. The first-order valence-corrected chi connectivity index (χ1v) is 6.04. The molecule has 0 bridgehead atoms. The average Bonchev–Trinajstić information content (AvgIpc) is 2.35. The van der Waals surface area contributed by atoms with Crippen molar-refractivity contribution in [3.8, 4) is 0 Å². The van der Waals surface area contributed by atoms with E-state index in [0.29, 0.717) is 12.0 Å². The fourth-order valence-electron chi connectivity index (χ4n) is 1.57. The fourth-order valence-corrected chi connectivity index (χ4v) is 1.57. The van der Waals surface area contributed by atoms with Gasteiger partial charge in [0.15, 0.2) is 0 Å². The molecule has 0 aliphatic heterocycles. The van der Waals surface area contributed by atoms with E-state index >= 15 is 0 Å². The van der Waals surface area contributed by atoms with Gasteiger partial charge in [-0.15, -0.1) is 12.4 Å². The van der Waals surface area contributed by atoms with Gasteiger partial charge in [-0.1, -0.05) is 25.5 Å². The third kappa shape index (κ3) is 5.79. The molecule has 1 atom stereocenters. The van der Waals surface area contributed by atoms with E-state index in [2.05, 4.69) is 5.32 Å². The Morgan fingerprint density at radius 1 is 1.30 bits per heavy atom. The molecular formula is C13H18ClF3N2O. The lowest BCUT2D eigenvalue weighted by Gasteiger charge is -2.12. The van der Waals surface area contributed by atoms with Gasteiger partial charge in [0.25, 0.3) is 0 Å². The molecule has 3 N–H and O–H groups in total. The second-order valence-electron chi connectivity index (χ2n) is 4.31. The maximum Gasteiger partial charge on any atom is 0.416 e. The number of amides is 1. The van der Waals surface area contributed by atoms with Crippen LogP contribution in [0.15, 0.2) is 24.3 Å². The molecule has 0 saturated heterocycles. The molecule has 114 valence electrons. The molecule has 1 unspecified atom stereocenters. The molecule has 1 rings (SSSR count). The average molecular weight is 311 g/mol. The highest BCUT2D eigenvalue weighted by Crippen LogP contribution is 2.28. The Labute approximate surface area is 122 Å². The van der Waals surface area contributed by atoms with Gasteiger partial charge in [0.1, 0.15) is 0 Å². The van der Waals surface area contributed by atoms with Crippen LogP contribution >= 0.6 is 12.4 Å². The molecule has 0 radical (unpaired) electrons. The van der Waals surface area contributed by atoms with E-state index in [4.69, 9.17) is 5.73 Å². The van der Waals surface area contributed by atoms with Crippen molar-refractivity contribution in [1.29, 1.82) is 0 Å². The number of rotatable bonds is 5.